The fourth-order valence-electron chi connectivity index (χ4n) is 1.55. The van der Waals surface area contributed by atoms with Gasteiger partial charge in [-0.1, -0.05) is 6.58 Å². The molecule has 0 aliphatic heterocycles. The third kappa shape index (κ3) is 3.67. The van der Waals surface area contributed by atoms with E-state index >= 15 is 0 Å². The van der Waals surface area contributed by atoms with E-state index in [-0.39, 0.29) is 16.8 Å². The molecule has 0 N–H and O–H groups in total. The van der Waals surface area contributed by atoms with Crippen LogP contribution in [0.1, 0.15) is 12.5 Å². The molecule has 0 saturated heterocycles. The zero-order valence-corrected chi connectivity index (χ0v) is 11.9. The minimum Gasteiger partial charge on any atom is -0.311 e. The quantitative estimate of drug-likeness (QED) is 0.510. The van der Waals surface area contributed by atoms with Gasteiger partial charge in [0.2, 0.25) is 0 Å². The zero-order chi connectivity index (χ0) is 14.7. The number of halogens is 2. The Morgan fingerprint density at radius 2 is 2.00 bits per heavy atom. The van der Waals surface area contributed by atoms with Gasteiger partial charge in [0.25, 0.3) is 5.91 Å². The van der Waals surface area contributed by atoms with Crippen molar-refractivity contribution < 1.29 is 13.6 Å². The molecule has 0 fully saturated rings. The van der Waals surface area contributed by atoms with Crippen molar-refractivity contribution >= 4 is 24.2 Å². The number of carbonyl (C=O) groups is 1. The van der Waals surface area contributed by atoms with Crippen molar-refractivity contribution in [2.45, 2.75) is 13.8 Å². The van der Waals surface area contributed by atoms with E-state index in [1.807, 2.05) is 0 Å². The van der Waals surface area contributed by atoms with Gasteiger partial charge in [-0.3, -0.25) is 4.79 Å². The molecule has 19 heavy (non-hydrogen) atoms. The van der Waals surface area contributed by atoms with Crippen LogP contribution in [0.15, 0.2) is 35.3 Å². The van der Waals surface area contributed by atoms with Crippen LogP contribution in [0.2, 0.25) is 0 Å². The van der Waals surface area contributed by atoms with Gasteiger partial charge in [-0.25, -0.2) is 8.78 Å². The maximum Gasteiger partial charge on any atom is 0.257 e. The van der Waals surface area contributed by atoms with Crippen LogP contribution >= 0.6 is 12.6 Å². The highest BCUT2D eigenvalue weighted by Crippen LogP contribution is 2.22. The first-order valence-electron chi connectivity index (χ1n) is 5.54. The van der Waals surface area contributed by atoms with Gasteiger partial charge < -0.3 is 4.90 Å². The van der Waals surface area contributed by atoms with Gasteiger partial charge in [0.15, 0.2) is 11.6 Å². The van der Waals surface area contributed by atoms with Crippen molar-refractivity contribution in [3.8, 4) is 0 Å². The maximum absolute atomic E-state index is 13.3. The summed E-state index contributed by atoms with van der Waals surface area (Å²) < 4.78 is 26.5. The lowest BCUT2D eigenvalue weighted by Crippen LogP contribution is -2.27. The first-order valence-corrected chi connectivity index (χ1v) is 5.98. The minimum atomic E-state index is -0.985. The first-order chi connectivity index (χ1) is 8.73. The molecule has 0 saturated carbocycles. The summed E-state index contributed by atoms with van der Waals surface area (Å²) in [5, 5.41) is 0. The SMILES string of the molecule is C=C(/C=C(\C)S)C(=O)N(C)c1cc(C)c(F)c(F)c1. The summed E-state index contributed by atoms with van der Waals surface area (Å²) in [7, 11) is 1.47. The van der Waals surface area contributed by atoms with E-state index in [4.69, 9.17) is 0 Å². The molecule has 0 aromatic heterocycles. The molecule has 0 atom stereocenters. The Morgan fingerprint density at radius 3 is 2.47 bits per heavy atom. The van der Waals surface area contributed by atoms with Gasteiger partial charge in [-0.15, -0.1) is 12.6 Å². The third-order valence-corrected chi connectivity index (χ3v) is 2.67. The Labute approximate surface area is 116 Å². The Bertz CT molecular complexity index is 540. The van der Waals surface area contributed by atoms with Crippen LogP contribution in [0.4, 0.5) is 14.5 Å². The molecule has 0 radical (unpaired) electrons. The number of rotatable bonds is 3. The molecule has 0 unspecified atom stereocenters. The molecule has 0 aliphatic carbocycles. The number of likely N-dealkylation sites (N-methyl/N-ethyl adjacent to an activating group) is 1. The lowest BCUT2D eigenvalue weighted by molar-refractivity contribution is -0.114. The number of allylic oxidation sites excluding steroid dienone is 1. The first kappa shape index (κ1) is 15.4. The number of benzene rings is 1. The number of hydrogen-bond donors (Lipinski definition) is 1. The molecule has 1 aromatic rings. The highest BCUT2D eigenvalue weighted by molar-refractivity contribution is 7.84. The minimum absolute atomic E-state index is 0.140. The monoisotopic (exact) mass is 283 g/mol. The summed E-state index contributed by atoms with van der Waals surface area (Å²) in [5.41, 5.74) is 0.631. The van der Waals surface area contributed by atoms with E-state index in [1.165, 1.54) is 31.0 Å². The molecule has 0 bridgehead atoms. The molecular formula is C14H15F2NOS. The number of aryl methyl sites for hydroxylation is 1. The van der Waals surface area contributed by atoms with Crippen LogP contribution in [0.25, 0.3) is 0 Å². The topological polar surface area (TPSA) is 20.3 Å². The molecule has 1 amide bonds. The van der Waals surface area contributed by atoms with Crippen LogP contribution in [0.5, 0.6) is 0 Å². The normalized spacial score (nSPS) is 11.4. The van der Waals surface area contributed by atoms with Crippen LogP contribution in [-0.4, -0.2) is 13.0 Å². The summed E-state index contributed by atoms with van der Waals surface area (Å²) in [4.78, 5) is 13.9. The third-order valence-electron chi connectivity index (χ3n) is 2.54. The van der Waals surface area contributed by atoms with Gasteiger partial charge >= 0.3 is 0 Å². The van der Waals surface area contributed by atoms with Crippen molar-refractivity contribution in [2.24, 2.45) is 0 Å². The van der Waals surface area contributed by atoms with Gasteiger partial charge in [0.1, 0.15) is 0 Å². The Kier molecular flexibility index (Phi) is 4.89. The molecule has 2 nitrogen and oxygen atoms in total. The zero-order valence-electron chi connectivity index (χ0n) is 11.0. The van der Waals surface area contributed by atoms with Gasteiger partial charge in [-0.2, -0.15) is 0 Å². The summed E-state index contributed by atoms with van der Waals surface area (Å²) in [6, 6.07) is 2.38. The lowest BCUT2D eigenvalue weighted by atomic mass is 10.1. The smallest absolute Gasteiger partial charge is 0.257 e. The summed E-state index contributed by atoms with van der Waals surface area (Å²) >= 11 is 4.05. The van der Waals surface area contributed by atoms with Gasteiger partial charge in [0, 0.05) is 24.4 Å². The number of carbonyl (C=O) groups excluding carboxylic acids is 1. The van der Waals surface area contributed by atoms with Crippen molar-refractivity contribution in [1.29, 1.82) is 0 Å². The van der Waals surface area contributed by atoms with Gasteiger partial charge in [-0.05, 0) is 36.5 Å². The number of thiol groups is 1. The summed E-state index contributed by atoms with van der Waals surface area (Å²) in [6.07, 6.45) is 1.51. The second-order valence-corrected chi connectivity index (χ2v) is 4.94. The maximum atomic E-state index is 13.3. The lowest BCUT2D eigenvalue weighted by Gasteiger charge is -2.18. The van der Waals surface area contributed by atoms with Crippen LogP contribution < -0.4 is 4.90 Å². The highest BCUT2D eigenvalue weighted by Gasteiger charge is 2.16. The van der Waals surface area contributed by atoms with E-state index in [0.717, 1.165) is 6.07 Å². The van der Waals surface area contributed by atoms with Gasteiger partial charge in [0.05, 0.1) is 0 Å². The molecule has 0 heterocycles. The average molecular weight is 283 g/mol. The van der Waals surface area contributed by atoms with Crippen molar-refractivity contribution in [1.82, 2.24) is 0 Å². The molecule has 5 heteroatoms. The standard InChI is InChI=1S/C14H15F2NOS/c1-8-6-11(7-12(15)13(8)16)17(4)14(18)9(2)5-10(3)19/h5-7,19H,2H2,1,3-4H3/b10-5+. The molecule has 1 rings (SSSR count). The Balaban J connectivity index is 3.07. The van der Waals surface area contributed by atoms with E-state index in [2.05, 4.69) is 19.2 Å². The van der Waals surface area contributed by atoms with E-state index in [1.54, 1.807) is 6.92 Å². The fraction of sp³-hybridized carbons (Fsp3) is 0.214. The van der Waals surface area contributed by atoms with Crippen molar-refractivity contribution in [3.05, 3.63) is 52.5 Å². The molecule has 0 spiro atoms. The molecular weight excluding hydrogens is 268 g/mol. The Morgan fingerprint density at radius 1 is 1.42 bits per heavy atom. The van der Waals surface area contributed by atoms with Crippen LogP contribution in [0, 0.1) is 18.6 Å². The van der Waals surface area contributed by atoms with Crippen LogP contribution in [0.3, 0.4) is 0 Å². The largest absolute Gasteiger partial charge is 0.311 e. The molecule has 1 aromatic carbocycles. The van der Waals surface area contributed by atoms with E-state index in [9.17, 15) is 13.6 Å². The van der Waals surface area contributed by atoms with Crippen LogP contribution in [-0.2, 0) is 4.79 Å². The molecule has 0 aliphatic rings. The van der Waals surface area contributed by atoms with E-state index < -0.39 is 17.5 Å². The van der Waals surface area contributed by atoms with Crippen molar-refractivity contribution in [2.75, 3.05) is 11.9 Å². The average Bonchev–Trinajstić information content (AvgIpc) is 2.32. The fourth-order valence-corrected chi connectivity index (χ4v) is 1.70. The summed E-state index contributed by atoms with van der Waals surface area (Å²) in [6.45, 7) is 6.77. The second kappa shape index (κ2) is 6.02. The number of hydrogen-bond acceptors (Lipinski definition) is 2. The Hall–Kier alpha value is -1.62. The second-order valence-electron chi connectivity index (χ2n) is 4.23. The molecule has 102 valence electrons. The predicted molar refractivity (Wildman–Crippen MR) is 76.4 cm³/mol. The number of amides is 1. The summed E-state index contributed by atoms with van der Waals surface area (Å²) in [5.74, 6) is -2.30. The predicted octanol–water partition coefficient (Wildman–Crippen LogP) is 3.63. The number of nitrogens with zero attached hydrogens (tertiary/aromatic N) is 1. The van der Waals surface area contributed by atoms with Crippen molar-refractivity contribution in [3.63, 3.8) is 0 Å². The van der Waals surface area contributed by atoms with E-state index in [0.29, 0.717) is 4.91 Å². The number of anilines is 1. The highest BCUT2D eigenvalue weighted by atomic mass is 32.1.